The van der Waals surface area contributed by atoms with Crippen molar-refractivity contribution in [2.75, 3.05) is 13.2 Å². The van der Waals surface area contributed by atoms with Crippen molar-refractivity contribution >= 4 is 41.8 Å². The number of carbonyl (C=O) groups is 7. The van der Waals surface area contributed by atoms with Gasteiger partial charge < -0.3 is 52.8 Å². The Morgan fingerprint density at radius 3 is 1.49 bits per heavy atom. The summed E-state index contributed by atoms with van der Waals surface area (Å²) < 4.78 is 51.6. The van der Waals surface area contributed by atoms with Crippen LogP contribution in [-0.4, -0.2) is 123 Å². The predicted octanol–water partition coefficient (Wildman–Crippen LogP) is 17.7. The summed E-state index contributed by atoms with van der Waals surface area (Å²) in [6.45, 7) is 27.3. The summed E-state index contributed by atoms with van der Waals surface area (Å²) in [6, 6.07) is 0. The molecule has 12 bridgehead atoms. The molecule has 18 heteroatoms. The van der Waals surface area contributed by atoms with Crippen molar-refractivity contribution in [1.29, 1.82) is 0 Å². The third-order valence-electron chi connectivity index (χ3n) is 23.3. The fourth-order valence-electron chi connectivity index (χ4n) is 17.2. The Morgan fingerprint density at radius 1 is 0.526 bits per heavy atom. The monoisotopic (exact) mass is 1380 g/mol. The SMILES string of the molecule is C.C.C.C.C.C.C.C.CCC(C)(C)C(=O)OC12CC3CC(C1)CC(OC(C)C(=O)OC1CCCCO1)(C3)C2.CCC(C)(C)C(=O)OC12CC3CC(O)(CC(O)(C3)C1)C2.CCC(C)(C)C(=O)OCC(=O)OC1C2CC3CC(C2)C(=O)OC1C3.CCC1(OC(=O)C(C)(C)CC)CCCC1. The first-order chi connectivity index (χ1) is 41.5. The van der Waals surface area contributed by atoms with Crippen LogP contribution in [0, 0.1) is 57.2 Å². The van der Waals surface area contributed by atoms with E-state index in [1.54, 1.807) is 20.8 Å². The van der Waals surface area contributed by atoms with Crippen LogP contribution < -0.4 is 0 Å². The van der Waals surface area contributed by atoms with Gasteiger partial charge in [0.15, 0.2) is 12.7 Å². The smallest absolute Gasteiger partial charge is 0.344 e. The van der Waals surface area contributed by atoms with E-state index in [2.05, 4.69) is 6.92 Å². The standard InChI is InChI=1S/C24H38O6.C18H26O6.C16H26O4.C13H24O2.8CH4/c1-5-22(3,4)21(26)30-24-13-17-10-18(14-24)12-23(11-17,15-24)29-16(2)20(25)28-19-8-6-7-9-27-19;1-4-18(2,3)17(21)22-9-14(19)24-15-11-5-10-6-12(8-11)16(20)23-13(15)7-10;1-4-13(2,3)12(17)20-16-7-11-5-14(18,9-16)8-15(19,6-11)10-16;1-5-12(3,4)11(14)15-13(6-2)9-7-8-10-13;;;;;;;;/h16-19H,5-15H2,1-4H3;10-13,15H,4-9H2,1-3H3;11,18-19H,4-10H2,1-3H3;5-10H2,1-4H3;8*1H4. The Morgan fingerprint density at radius 2 is 1.01 bits per heavy atom. The number of esters is 7. The van der Waals surface area contributed by atoms with Crippen molar-refractivity contribution in [1.82, 2.24) is 0 Å². The molecule has 0 aromatic carbocycles. The van der Waals surface area contributed by atoms with Crippen LogP contribution in [0.3, 0.4) is 0 Å². The zero-order valence-corrected chi connectivity index (χ0v) is 56.9. The Bertz CT molecular complexity index is 2510. The molecule has 11 saturated carbocycles. The first-order valence-corrected chi connectivity index (χ1v) is 34.7. The van der Waals surface area contributed by atoms with Crippen molar-refractivity contribution in [2.24, 2.45) is 57.2 Å². The molecule has 0 spiro atoms. The molecule has 2 N–H and O–H groups in total. The van der Waals surface area contributed by atoms with Gasteiger partial charge in [0.05, 0.1) is 51.0 Å². The van der Waals surface area contributed by atoms with Crippen LogP contribution in [0.1, 0.15) is 336 Å². The molecule has 0 amide bonds. The van der Waals surface area contributed by atoms with Crippen LogP contribution in [-0.2, 0) is 76.2 Å². The summed E-state index contributed by atoms with van der Waals surface area (Å²) in [4.78, 5) is 86.0. The van der Waals surface area contributed by atoms with E-state index in [9.17, 15) is 43.8 Å². The van der Waals surface area contributed by atoms with Crippen LogP contribution in [0.2, 0.25) is 0 Å². The van der Waals surface area contributed by atoms with Gasteiger partial charge in [0, 0.05) is 38.0 Å². The molecule has 11 unspecified atom stereocenters. The Labute approximate surface area is 590 Å². The van der Waals surface area contributed by atoms with Gasteiger partial charge in [-0.15, -0.1) is 0 Å². The number of hydrogen-bond donors (Lipinski definition) is 2. The van der Waals surface area contributed by atoms with E-state index in [0.717, 1.165) is 128 Å². The van der Waals surface area contributed by atoms with Crippen LogP contribution >= 0.6 is 0 Å². The van der Waals surface area contributed by atoms with Gasteiger partial charge in [-0.25, -0.2) is 9.59 Å². The van der Waals surface area contributed by atoms with Crippen molar-refractivity contribution < 1.29 is 86.4 Å². The summed E-state index contributed by atoms with van der Waals surface area (Å²) in [5.41, 5.74) is -5.23. The van der Waals surface area contributed by atoms with Gasteiger partial charge in [0.1, 0.15) is 29.0 Å². The number of carbonyl (C=O) groups excluding carboxylic acids is 7. The lowest BCUT2D eigenvalue weighted by Gasteiger charge is -2.62. The van der Waals surface area contributed by atoms with E-state index in [0.29, 0.717) is 56.5 Å². The zero-order chi connectivity index (χ0) is 65.4. The average molecular weight is 1380 g/mol. The third-order valence-corrected chi connectivity index (χ3v) is 23.3. The fraction of sp³-hybridized carbons (Fsp3) is 0.911. The van der Waals surface area contributed by atoms with Crippen molar-refractivity contribution in [3.8, 4) is 0 Å². The lowest BCUT2D eigenvalue weighted by Crippen LogP contribution is -2.67. The van der Waals surface area contributed by atoms with Gasteiger partial charge in [-0.3, -0.25) is 24.0 Å². The second kappa shape index (κ2) is 35.8. The second-order valence-corrected chi connectivity index (χ2v) is 32.6. The first kappa shape index (κ1) is 93.1. The lowest BCUT2D eigenvalue weighted by molar-refractivity contribution is -0.264. The Hall–Kier alpha value is -3.87. The molecule has 11 aliphatic carbocycles. The molecule has 18 nitrogen and oxygen atoms in total. The number of aliphatic hydroxyl groups is 2. The van der Waals surface area contributed by atoms with E-state index in [-0.39, 0.29) is 131 Å². The maximum Gasteiger partial charge on any atom is 0.344 e. The molecule has 0 aromatic rings. The third kappa shape index (κ3) is 22.1. The molecule has 11 atom stereocenters. The van der Waals surface area contributed by atoms with E-state index < -0.39 is 74.7 Å². The number of ether oxygens (including phenoxy) is 9. The van der Waals surface area contributed by atoms with Crippen molar-refractivity contribution in [3.05, 3.63) is 0 Å². The van der Waals surface area contributed by atoms with Gasteiger partial charge in [0.25, 0.3) is 0 Å². The fourth-order valence-corrected chi connectivity index (χ4v) is 17.2. The summed E-state index contributed by atoms with van der Waals surface area (Å²) in [5.74, 6) is 0.0739. The van der Waals surface area contributed by atoms with Crippen LogP contribution in [0.5, 0.6) is 0 Å². The molecule has 14 aliphatic rings. The molecule has 97 heavy (non-hydrogen) atoms. The van der Waals surface area contributed by atoms with Crippen LogP contribution in [0.15, 0.2) is 0 Å². The molecule has 3 saturated heterocycles. The number of rotatable bonds is 19. The minimum absolute atomic E-state index is 0. The molecule has 14 rings (SSSR count). The van der Waals surface area contributed by atoms with E-state index >= 15 is 0 Å². The summed E-state index contributed by atoms with van der Waals surface area (Å²) in [6.07, 6.45) is 22.0. The van der Waals surface area contributed by atoms with Gasteiger partial charge in [-0.2, -0.15) is 0 Å². The molecular formula is C79H146O18. The molecular weight excluding hydrogens is 1240 g/mol. The normalized spacial score (nSPS) is 33.3. The highest BCUT2D eigenvalue weighted by Gasteiger charge is 2.65. The molecule has 570 valence electrons. The summed E-state index contributed by atoms with van der Waals surface area (Å²) >= 11 is 0. The van der Waals surface area contributed by atoms with E-state index in [4.69, 9.17) is 42.6 Å². The van der Waals surface area contributed by atoms with E-state index in [1.165, 1.54) is 19.3 Å². The maximum atomic E-state index is 12.9. The largest absolute Gasteiger partial charge is 0.459 e. The van der Waals surface area contributed by atoms with Gasteiger partial charge in [-0.05, 0) is 234 Å². The van der Waals surface area contributed by atoms with Crippen molar-refractivity contribution in [3.63, 3.8) is 0 Å². The highest BCUT2D eigenvalue weighted by atomic mass is 16.7. The van der Waals surface area contributed by atoms with E-state index in [1.807, 2.05) is 69.2 Å². The van der Waals surface area contributed by atoms with Gasteiger partial charge >= 0.3 is 41.8 Å². The quantitative estimate of drug-likeness (QED) is 0.0902. The molecule has 0 radical (unpaired) electrons. The Kier molecular flexibility index (Phi) is 34.4. The highest BCUT2D eigenvalue weighted by molar-refractivity contribution is 5.80. The topological polar surface area (TPSA) is 243 Å². The minimum Gasteiger partial charge on any atom is -0.459 e. The second-order valence-electron chi connectivity index (χ2n) is 32.6. The van der Waals surface area contributed by atoms with Gasteiger partial charge in [0.2, 0.25) is 6.29 Å². The molecule has 14 fully saturated rings. The van der Waals surface area contributed by atoms with Crippen LogP contribution in [0.25, 0.3) is 0 Å². The highest BCUT2D eigenvalue weighted by Crippen LogP contribution is 2.62. The van der Waals surface area contributed by atoms with Gasteiger partial charge in [-0.1, -0.05) is 94.0 Å². The summed E-state index contributed by atoms with van der Waals surface area (Å²) in [7, 11) is 0. The number of fused-ring (bicyclic) bond motifs is 1. The number of hydrogen-bond acceptors (Lipinski definition) is 18. The minimum atomic E-state index is -0.842. The maximum absolute atomic E-state index is 12.9. The molecule has 3 aliphatic heterocycles. The zero-order valence-electron chi connectivity index (χ0n) is 56.9. The Balaban J connectivity index is 0.00000126. The molecule has 3 heterocycles. The van der Waals surface area contributed by atoms with Crippen LogP contribution in [0.4, 0.5) is 0 Å². The average Bonchev–Trinajstić information content (AvgIpc) is 1.36. The first-order valence-electron chi connectivity index (χ1n) is 34.7. The lowest BCUT2D eigenvalue weighted by atomic mass is 9.50. The summed E-state index contributed by atoms with van der Waals surface area (Å²) in [5, 5.41) is 21.3. The predicted molar refractivity (Wildman–Crippen MR) is 384 cm³/mol. The molecule has 0 aromatic heterocycles. The van der Waals surface area contributed by atoms with Crippen molar-refractivity contribution in [2.45, 2.75) is 394 Å².